The third-order valence-corrected chi connectivity index (χ3v) is 3.83. The van der Waals surface area contributed by atoms with Crippen molar-refractivity contribution >= 4 is 8.07 Å². The van der Waals surface area contributed by atoms with E-state index in [1.54, 1.807) is 0 Å². The summed E-state index contributed by atoms with van der Waals surface area (Å²) in [5, 5.41) is 0. The maximum absolute atomic E-state index is 5.49. The van der Waals surface area contributed by atoms with Crippen LogP contribution in [0.15, 0.2) is 24.3 Å². The van der Waals surface area contributed by atoms with E-state index in [0.717, 1.165) is 18.5 Å². The van der Waals surface area contributed by atoms with Crippen molar-refractivity contribution in [2.45, 2.75) is 51.7 Å². The van der Waals surface area contributed by atoms with Crippen LogP contribution in [0.5, 0.6) is 0 Å². The van der Waals surface area contributed by atoms with Crippen molar-refractivity contribution in [3.63, 3.8) is 0 Å². The first-order chi connectivity index (χ1) is 9.01. The zero-order valence-corrected chi connectivity index (χ0v) is 13.6. The van der Waals surface area contributed by atoms with Crippen LogP contribution >= 0.6 is 0 Å². The third-order valence-electron chi connectivity index (χ3n) is 2.96. The summed E-state index contributed by atoms with van der Waals surface area (Å²) in [6.07, 6.45) is 6.14. The molecule has 0 fully saturated rings. The van der Waals surface area contributed by atoms with Crippen molar-refractivity contribution in [3.05, 3.63) is 35.4 Å². The Balaban J connectivity index is 2.41. The normalized spacial score (nSPS) is 10.9. The Morgan fingerprint density at radius 3 is 2.16 bits per heavy atom. The topological polar surface area (TPSA) is 26.0 Å². The molecule has 1 aromatic rings. The van der Waals surface area contributed by atoms with Crippen LogP contribution in [0.25, 0.3) is 0 Å². The van der Waals surface area contributed by atoms with Gasteiger partial charge in [0.15, 0.2) is 0 Å². The lowest BCUT2D eigenvalue weighted by Gasteiger charge is -2.04. The Morgan fingerprint density at radius 1 is 0.947 bits per heavy atom. The van der Waals surface area contributed by atoms with Gasteiger partial charge in [-0.3, -0.25) is 0 Å². The van der Waals surface area contributed by atoms with Gasteiger partial charge >= 0.3 is 0 Å². The number of benzene rings is 1. The van der Waals surface area contributed by atoms with Gasteiger partial charge in [-0.2, -0.15) is 0 Å². The minimum atomic E-state index is -1.26. The van der Waals surface area contributed by atoms with E-state index in [-0.39, 0.29) is 0 Å². The lowest BCUT2D eigenvalue weighted by atomic mass is 10.0. The van der Waals surface area contributed by atoms with Gasteiger partial charge in [0.1, 0.15) is 8.07 Å². The van der Waals surface area contributed by atoms with Gasteiger partial charge in [-0.1, -0.05) is 50.5 Å². The molecule has 2 N–H and O–H groups in total. The molecule has 0 bridgehead atoms. The highest BCUT2D eigenvalue weighted by Crippen LogP contribution is 2.09. The molecule has 0 spiro atoms. The lowest BCUT2D eigenvalue weighted by Crippen LogP contribution is -2.16. The van der Waals surface area contributed by atoms with Crippen molar-refractivity contribution < 1.29 is 0 Å². The van der Waals surface area contributed by atoms with Gasteiger partial charge in [-0.05, 0) is 43.5 Å². The van der Waals surface area contributed by atoms with Gasteiger partial charge in [0.05, 0.1) is 0 Å². The van der Waals surface area contributed by atoms with Gasteiger partial charge < -0.3 is 5.73 Å². The van der Waals surface area contributed by atoms with E-state index in [1.165, 1.54) is 31.2 Å². The molecule has 0 aliphatic rings. The van der Waals surface area contributed by atoms with Crippen LogP contribution in [0.3, 0.4) is 0 Å². The van der Waals surface area contributed by atoms with Crippen LogP contribution in [0, 0.1) is 11.5 Å². The van der Waals surface area contributed by atoms with Crippen molar-refractivity contribution in [3.8, 4) is 11.5 Å². The summed E-state index contributed by atoms with van der Waals surface area (Å²) in [6.45, 7) is 7.64. The summed E-state index contributed by atoms with van der Waals surface area (Å²) >= 11 is 0. The van der Waals surface area contributed by atoms with Crippen molar-refractivity contribution in [1.82, 2.24) is 0 Å². The number of unbranched alkanes of at least 4 members (excludes halogenated alkanes) is 3. The van der Waals surface area contributed by atoms with Gasteiger partial charge in [0.25, 0.3) is 0 Å². The van der Waals surface area contributed by atoms with Gasteiger partial charge in [-0.25, -0.2) is 0 Å². The van der Waals surface area contributed by atoms with E-state index in [9.17, 15) is 0 Å². The number of rotatable bonds is 6. The average molecular weight is 273 g/mol. The van der Waals surface area contributed by atoms with Gasteiger partial charge in [0, 0.05) is 5.56 Å². The fourth-order valence-corrected chi connectivity index (χ4v) is 2.36. The molecular weight excluding hydrogens is 246 g/mol. The minimum absolute atomic E-state index is 0.824. The number of hydrogen-bond acceptors (Lipinski definition) is 1. The molecule has 0 aliphatic carbocycles. The van der Waals surface area contributed by atoms with Crippen LogP contribution in [0.1, 0.15) is 36.8 Å². The molecule has 1 aromatic carbocycles. The standard InChI is InChI=1S/C17H27NSi/c1-19(2,3)15-13-17-11-9-16(10-12-17)8-6-4-5-7-14-18/h9-12H,4-8,14,18H2,1-3H3. The van der Waals surface area contributed by atoms with Crippen LogP contribution in [-0.4, -0.2) is 14.6 Å². The fourth-order valence-electron chi connectivity index (χ4n) is 1.84. The monoisotopic (exact) mass is 273 g/mol. The Labute approximate surface area is 119 Å². The van der Waals surface area contributed by atoms with E-state index >= 15 is 0 Å². The van der Waals surface area contributed by atoms with Crippen molar-refractivity contribution in [1.29, 1.82) is 0 Å². The molecule has 19 heavy (non-hydrogen) atoms. The molecule has 0 aliphatic heterocycles. The smallest absolute Gasteiger partial charge is 0.129 e. The zero-order valence-electron chi connectivity index (χ0n) is 12.6. The van der Waals surface area contributed by atoms with Gasteiger partial charge in [0.2, 0.25) is 0 Å². The summed E-state index contributed by atoms with van der Waals surface area (Å²) in [6, 6.07) is 8.75. The molecule has 1 nitrogen and oxygen atoms in total. The maximum Gasteiger partial charge on any atom is 0.129 e. The minimum Gasteiger partial charge on any atom is -0.330 e. The predicted octanol–water partition coefficient (Wildman–Crippen LogP) is 3.98. The summed E-state index contributed by atoms with van der Waals surface area (Å²) in [5.41, 5.74) is 11.5. The van der Waals surface area contributed by atoms with Crippen molar-refractivity contribution in [2.24, 2.45) is 5.73 Å². The molecule has 0 aromatic heterocycles. The van der Waals surface area contributed by atoms with E-state index in [0.29, 0.717) is 0 Å². The summed E-state index contributed by atoms with van der Waals surface area (Å²) in [5.74, 6) is 3.29. The van der Waals surface area contributed by atoms with Crippen LogP contribution < -0.4 is 5.73 Å². The molecule has 0 amide bonds. The Kier molecular flexibility index (Phi) is 6.90. The maximum atomic E-state index is 5.49. The number of hydrogen-bond donors (Lipinski definition) is 1. The third kappa shape index (κ3) is 7.87. The molecule has 104 valence electrons. The van der Waals surface area contributed by atoms with Crippen LogP contribution in [0.2, 0.25) is 19.6 Å². The molecule has 0 saturated carbocycles. The van der Waals surface area contributed by atoms with Crippen LogP contribution in [-0.2, 0) is 6.42 Å². The molecule has 0 atom stereocenters. The molecule has 1 rings (SSSR count). The highest BCUT2D eigenvalue weighted by Gasteiger charge is 2.07. The average Bonchev–Trinajstić information content (AvgIpc) is 2.37. The molecule has 0 heterocycles. The second kappa shape index (κ2) is 8.19. The zero-order chi connectivity index (χ0) is 14.1. The first kappa shape index (κ1) is 16.0. The van der Waals surface area contributed by atoms with Crippen molar-refractivity contribution in [2.75, 3.05) is 6.54 Å². The van der Waals surface area contributed by atoms with E-state index in [4.69, 9.17) is 5.73 Å². The van der Waals surface area contributed by atoms with E-state index in [1.807, 2.05) is 0 Å². The quantitative estimate of drug-likeness (QED) is 0.473. The number of nitrogens with two attached hydrogens (primary N) is 1. The first-order valence-electron chi connectivity index (χ1n) is 7.33. The SMILES string of the molecule is C[Si](C)(C)C#Cc1ccc(CCCCCCN)cc1. The Morgan fingerprint density at radius 2 is 1.58 bits per heavy atom. The molecule has 0 saturated heterocycles. The fraction of sp³-hybridized carbons (Fsp3) is 0.529. The Hall–Kier alpha value is -1.04. The summed E-state index contributed by atoms with van der Waals surface area (Å²) < 4.78 is 0. The largest absolute Gasteiger partial charge is 0.330 e. The van der Waals surface area contributed by atoms with E-state index < -0.39 is 8.07 Å². The van der Waals surface area contributed by atoms with Crippen LogP contribution in [0.4, 0.5) is 0 Å². The second-order valence-corrected chi connectivity index (χ2v) is 10.9. The molecule has 0 radical (unpaired) electrons. The first-order valence-corrected chi connectivity index (χ1v) is 10.8. The summed E-state index contributed by atoms with van der Waals surface area (Å²) in [4.78, 5) is 0. The second-order valence-electron chi connectivity index (χ2n) is 6.15. The summed E-state index contributed by atoms with van der Waals surface area (Å²) in [7, 11) is -1.26. The lowest BCUT2D eigenvalue weighted by molar-refractivity contribution is 0.646. The highest BCUT2D eigenvalue weighted by molar-refractivity contribution is 6.83. The Bertz CT molecular complexity index is 417. The van der Waals surface area contributed by atoms with E-state index in [2.05, 4.69) is 55.4 Å². The molecule has 0 unspecified atom stereocenters. The molecular formula is C17H27NSi. The van der Waals surface area contributed by atoms with Gasteiger partial charge in [-0.15, -0.1) is 5.54 Å². The number of aryl methyl sites for hydroxylation is 1. The highest BCUT2D eigenvalue weighted by atomic mass is 28.3. The molecule has 2 heteroatoms. The predicted molar refractivity (Wildman–Crippen MR) is 87.9 cm³/mol.